The Hall–Kier alpha value is -1.73. The first-order chi connectivity index (χ1) is 8.97. The van der Waals surface area contributed by atoms with Crippen LogP contribution in [0, 0.1) is 5.82 Å². The molecule has 102 valence electrons. The van der Waals surface area contributed by atoms with Crippen LogP contribution in [0.4, 0.5) is 4.39 Å². The number of aryl methyl sites for hydroxylation is 1. The van der Waals surface area contributed by atoms with Crippen LogP contribution in [0.1, 0.15) is 5.69 Å². The molecular weight excluding hydrogens is 269 g/mol. The molecule has 7 heteroatoms. The second kappa shape index (κ2) is 5.50. The van der Waals surface area contributed by atoms with E-state index < -0.39 is 15.8 Å². The van der Waals surface area contributed by atoms with Crippen molar-refractivity contribution < 1.29 is 12.8 Å². The highest BCUT2D eigenvalue weighted by Crippen LogP contribution is 2.09. The van der Waals surface area contributed by atoms with Gasteiger partial charge in [-0.3, -0.25) is 4.68 Å². The highest BCUT2D eigenvalue weighted by Gasteiger charge is 2.13. The predicted octanol–water partition coefficient (Wildman–Crippen LogP) is 1.08. The Kier molecular flexibility index (Phi) is 3.96. The van der Waals surface area contributed by atoms with E-state index in [9.17, 15) is 12.8 Å². The standard InChI is InChI=1S/C12H14FN3O2S/c1-16-9-7-11(15-16)6-8-14-19(17,18)12-4-2-10(13)3-5-12/h2-5,7,9,14H,6,8H2,1H3. The van der Waals surface area contributed by atoms with Gasteiger partial charge in [0, 0.05) is 26.2 Å². The smallest absolute Gasteiger partial charge is 0.240 e. The van der Waals surface area contributed by atoms with Gasteiger partial charge in [-0.15, -0.1) is 0 Å². The third kappa shape index (κ3) is 3.62. The summed E-state index contributed by atoms with van der Waals surface area (Å²) < 4.78 is 40.6. The molecule has 0 saturated carbocycles. The van der Waals surface area contributed by atoms with Gasteiger partial charge < -0.3 is 0 Å². The lowest BCUT2D eigenvalue weighted by Gasteiger charge is -2.05. The molecule has 0 atom stereocenters. The van der Waals surface area contributed by atoms with Crippen molar-refractivity contribution in [1.29, 1.82) is 0 Å². The van der Waals surface area contributed by atoms with Gasteiger partial charge >= 0.3 is 0 Å². The van der Waals surface area contributed by atoms with Crippen LogP contribution in [0.2, 0.25) is 0 Å². The number of halogens is 1. The Morgan fingerprint density at radius 1 is 1.26 bits per heavy atom. The van der Waals surface area contributed by atoms with Gasteiger partial charge in [-0.2, -0.15) is 5.10 Å². The van der Waals surface area contributed by atoms with Crippen molar-refractivity contribution in [2.24, 2.45) is 7.05 Å². The summed E-state index contributed by atoms with van der Waals surface area (Å²) in [6.07, 6.45) is 2.30. The molecule has 0 fully saturated rings. The lowest BCUT2D eigenvalue weighted by Crippen LogP contribution is -2.26. The van der Waals surface area contributed by atoms with E-state index in [0.29, 0.717) is 6.42 Å². The zero-order valence-corrected chi connectivity index (χ0v) is 11.2. The molecule has 1 aromatic carbocycles. The van der Waals surface area contributed by atoms with E-state index in [-0.39, 0.29) is 11.4 Å². The molecule has 0 saturated heterocycles. The van der Waals surface area contributed by atoms with Crippen LogP contribution in [0.15, 0.2) is 41.4 Å². The van der Waals surface area contributed by atoms with Crippen molar-refractivity contribution in [3.8, 4) is 0 Å². The van der Waals surface area contributed by atoms with Crippen LogP contribution >= 0.6 is 0 Å². The fourth-order valence-corrected chi connectivity index (χ4v) is 2.64. The Morgan fingerprint density at radius 2 is 1.95 bits per heavy atom. The zero-order chi connectivity index (χ0) is 13.9. The molecule has 1 aromatic heterocycles. The van der Waals surface area contributed by atoms with Crippen molar-refractivity contribution >= 4 is 10.0 Å². The lowest BCUT2D eigenvalue weighted by atomic mass is 10.3. The van der Waals surface area contributed by atoms with Gasteiger partial charge in [-0.25, -0.2) is 17.5 Å². The summed E-state index contributed by atoms with van der Waals surface area (Å²) in [5, 5.41) is 4.15. The zero-order valence-electron chi connectivity index (χ0n) is 10.4. The molecule has 0 bridgehead atoms. The van der Waals surface area contributed by atoms with Crippen molar-refractivity contribution in [3.63, 3.8) is 0 Å². The van der Waals surface area contributed by atoms with E-state index in [1.807, 2.05) is 6.07 Å². The Balaban J connectivity index is 1.96. The van der Waals surface area contributed by atoms with E-state index in [2.05, 4.69) is 9.82 Å². The fourth-order valence-electron chi connectivity index (χ4n) is 1.61. The summed E-state index contributed by atoms with van der Waals surface area (Å²) in [6, 6.07) is 6.53. The third-order valence-electron chi connectivity index (χ3n) is 2.57. The van der Waals surface area contributed by atoms with Crippen molar-refractivity contribution in [2.75, 3.05) is 6.54 Å². The highest BCUT2D eigenvalue weighted by molar-refractivity contribution is 7.89. The minimum Gasteiger partial charge on any atom is -0.276 e. The topological polar surface area (TPSA) is 64.0 Å². The van der Waals surface area contributed by atoms with Gasteiger partial charge in [0.05, 0.1) is 10.6 Å². The van der Waals surface area contributed by atoms with Crippen LogP contribution in [0.3, 0.4) is 0 Å². The van der Waals surface area contributed by atoms with Gasteiger partial charge in [0.1, 0.15) is 5.82 Å². The monoisotopic (exact) mass is 283 g/mol. The van der Waals surface area contributed by atoms with E-state index in [0.717, 1.165) is 17.8 Å². The molecule has 5 nitrogen and oxygen atoms in total. The van der Waals surface area contributed by atoms with Gasteiger partial charge in [-0.1, -0.05) is 0 Å². The molecule has 0 radical (unpaired) electrons. The fraction of sp³-hybridized carbons (Fsp3) is 0.250. The number of hydrogen-bond donors (Lipinski definition) is 1. The van der Waals surface area contributed by atoms with Crippen LogP contribution in [0.5, 0.6) is 0 Å². The van der Waals surface area contributed by atoms with Crippen LogP contribution in [-0.4, -0.2) is 24.7 Å². The summed E-state index contributed by atoms with van der Waals surface area (Å²) in [5.74, 6) is -0.465. The number of nitrogens with one attached hydrogen (secondary N) is 1. The molecule has 0 spiro atoms. The molecular formula is C12H14FN3O2S. The maximum Gasteiger partial charge on any atom is 0.240 e. The van der Waals surface area contributed by atoms with Crippen LogP contribution < -0.4 is 4.72 Å². The number of benzene rings is 1. The molecule has 2 aromatic rings. The van der Waals surface area contributed by atoms with E-state index >= 15 is 0 Å². The van der Waals surface area contributed by atoms with Crippen molar-refractivity contribution in [3.05, 3.63) is 48.0 Å². The minimum atomic E-state index is -3.59. The molecule has 1 heterocycles. The predicted molar refractivity (Wildman–Crippen MR) is 68.5 cm³/mol. The highest BCUT2D eigenvalue weighted by atomic mass is 32.2. The third-order valence-corrected chi connectivity index (χ3v) is 4.04. The molecule has 0 aliphatic rings. The minimum absolute atomic E-state index is 0.0509. The number of aromatic nitrogens is 2. The number of nitrogens with zero attached hydrogens (tertiary/aromatic N) is 2. The number of hydrogen-bond acceptors (Lipinski definition) is 3. The second-order valence-electron chi connectivity index (χ2n) is 4.08. The molecule has 19 heavy (non-hydrogen) atoms. The molecule has 1 N–H and O–H groups in total. The maximum absolute atomic E-state index is 12.7. The summed E-state index contributed by atoms with van der Waals surface area (Å²) in [7, 11) is -1.79. The van der Waals surface area contributed by atoms with Crippen LogP contribution in [-0.2, 0) is 23.5 Å². The van der Waals surface area contributed by atoms with Crippen molar-refractivity contribution in [2.45, 2.75) is 11.3 Å². The summed E-state index contributed by atoms with van der Waals surface area (Å²) in [4.78, 5) is 0.0509. The average Bonchev–Trinajstić information content (AvgIpc) is 2.75. The Bertz CT molecular complexity index is 650. The summed E-state index contributed by atoms with van der Waals surface area (Å²) in [5.41, 5.74) is 0.810. The van der Waals surface area contributed by atoms with Gasteiger partial charge in [0.25, 0.3) is 0 Å². The SMILES string of the molecule is Cn1ccc(CCNS(=O)(=O)c2ccc(F)cc2)n1. The summed E-state index contributed by atoms with van der Waals surface area (Å²) >= 11 is 0. The van der Waals surface area contributed by atoms with Crippen molar-refractivity contribution in [1.82, 2.24) is 14.5 Å². The summed E-state index contributed by atoms with van der Waals surface area (Å²) in [6.45, 7) is 0.247. The largest absolute Gasteiger partial charge is 0.276 e. The molecule has 0 aliphatic carbocycles. The molecule has 0 unspecified atom stereocenters. The van der Waals surface area contributed by atoms with E-state index in [1.54, 1.807) is 17.9 Å². The lowest BCUT2D eigenvalue weighted by molar-refractivity contribution is 0.580. The second-order valence-corrected chi connectivity index (χ2v) is 5.85. The van der Waals surface area contributed by atoms with Crippen LogP contribution in [0.25, 0.3) is 0 Å². The van der Waals surface area contributed by atoms with Gasteiger partial charge in [-0.05, 0) is 30.3 Å². The average molecular weight is 283 g/mol. The normalized spacial score (nSPS) is 11.7. The Labute approximate surface area is 111 Å². The Morgan fingerprint density at radius 3 is 2.53 bits per heavy atom. The number of rotatable bonds is 5. The molecule has 2 rings (SSSR count). The first-order valence-corrected chi connectivity index (χ1v) is 7.19. The first-order valence-electron chi connectivity index (χ1n) is 5.71. The van der Waals surface area contributed by atoms with Gasteiger partial charge in [0.15, 0.2) is 0 Å². The quantitative estimate of drug-likeness (QED) is 0.893. The molecule has 0 aliphatic heterocycles. The first kappa shape index (κ1) is 13.7. The van der Waals surface area contributed by atoms with Gasteiger partial charge in [0.2, 0.25) is 10.0 Å². The maximum atomic E-state index is 12.7. The molecule has 0 amide bonds. The van der Waals surface area contributed by atoms with E-state index in [4.69, 9.17) is 0 Å². The number of sulfonamides is 1. The van der Waals surface area contributed by atoms with E-state index in [1.165, 1.54) is 12.1 Å².